The molecular formula is C15H23N3O. The van der Waals surface area contributed by atoms with Crippen LogP contribution in [0.5, 0.6) is 5.75 Å². The van der Waals surface area contributed by atoms with Crippen LogP contribution >= 0.6 is 0 Å². The molecule has 104 valence electrons. The number of benzene rings is 1. The summed E-state index contributed by atoms with van der Waals surface area (Å²) in [5.41, 5.74) is 1.03. The van der Waals surface area contributed by atoms with E-state index >= 15 is 0 Å². The Morgan fingerprint density at radius 2 is 1.74 bits per heavy atom. The lowest BCUT2D eigenvalue weighted by Gasteiger charge is -2.19. The Morgan fingerprint density at radius 3 is 2.32 bits per heavy atom. The van der Waals surface area contributed by atoms with Crippen LogP contribution in [-0.4, -0.2) is 57.2 Å². The monoisotopic (exact) mass is 261 g/mol. The van der Waals surface area contributed by atoms with E-state index in [1.807, 2.05) is 24.3 Å². The highest BCUT2D eigenvalue weighted by atomic mass is 16.5. The summed E-state index contributed by atoms with van der Waals surface area (Å²) in [4.78, 5) is 4.43. The first-order valence-electron chi connectivity index (χ1n) is 6.54. The van der Waals surface area contributed by atoms with Crippen LogP contribution in [0.15, 0.2) is 24.3 Å². The van der Waals surface area contributed by atoms with Crippen LogP contribution in [0.4, 0.5) is 0 Å². The molecule has 0 radical (unpaired) electrons. The van der Waals surface area contributed by atoms with Crippen LogP contribution in [0.2, 0.25) is 0 Å². The molecular weight excluding hydrogens is 238 g/mol. The molecule has 0 fully saturated rings. The third-order valence-electron chi connectivity index (χ3n) is 2.88. The number of rotatable bonds is 8. The van der Waals surface area contributed by atoms with Crippen molar-refractivity contribution in [1.29, 1.82) is 5.26 Å². The lowest BCUT2D eigenvalue weighted by atomic mass is 10.2. The van der Waals surface area contributed by atoms with Gasteiger partial charge in [0.05, 0.1) is 12.5 Å². The highest BCUT2D eigenvalue weighted by Crippen LogP contribution is 2.12. The predicted octanol–water partition coefficient (Wildman–Crippen LogP) is 1.62. The molecule has 0 bridgehead atoms. The van der Waals surface area contributed by atoms with Crippen molar-refractivity contribution < 1.29 is 4.74 Å². The van der Waals surface area contributed by atoms with Crippen molar-refractivity contribution in [2.45, 2.75) is 6.42 Å². The summed E-state index contributed by atoms with van der Waals surface area (Å²) in [6.45, 7) is 3.69. The van der Waals surface area contributed by atoms with Crippen molar-refractivity contribution in [3.05, 3.63) is 29.8 Å². The van der Waals surface area contributed by atoms with Crippen LogP contribution in [-0.2, 0) is 6.42 Å². The SMILES string of the molecule is CN(C)CCN(C)CCOc1ccc(CC#N)cc1. The number of ether oxygens (including phenoxy) is 1. The molecule has 0 atom stereocenters. The third-order valence-corrected chi connectivity index (χ3v) is 2.88. The number of hydrogen-bond acceptors (Lipinski definition) is 4. The van der Waals surface area contributed by atoms with Crippen LogP contribution in [0, 0.1) is 11.3 Å². The smallest absolute Gasteiger partial charge is 0.119 e. The average molecular weight is 261 g/mol. The van der Waals surface area contributed by atoms with Gasteiger partial charge in [0.25, 0.3) is 0 Å². The zero-order valence-electron chi connectivity index (χ0n) is 12.1. The molecule has 0 aliphatic rings. The standard InChI is InChI=1S/C15H23N3O/c1-17(2)10-11-18(3)12-13-19-15-6-4-14(5-7-15)8-9-16/h4-7H,8,10-13H2,1-3H3. The molecule has 0 aliphatic heterocycles. The molecule has 0 spiro atoms. The van der Waals surface area contributed by atoms with Gasteiger partial charge in [0.15, 0.2) is 0 Å². The Labute approximate surface area is 116 Å². The summed E-state index contributed by atoms with van der Waals surface area (Å²) in [5, 5.41) is 8.59. The maximum absolute atomic E-state index is 8.59. The van der Waals surface area contributed by atoms with E-state index in [2.05, 4.69) is 37.0 Å². The average Bonchev–Trinajstić information content (AvgIpc) is 2.39. The second-order valence-electron chi connectivity index (χ2n) is 4.93. The summed E-state index contributed by atoms with van der Waals surface area (Å²) in [6, 6.07) is 9.86. The summed E-state index contributed by atoms with van der Waals surface area (Å²) in [6.07, 6.45) is 0.452. The molecule has 0 saturated heterocycles. The molecule has 1 aromatic carbocycles. The highest BCUT2D eigenvalue weighted by Gasteiger charge is 2.00. The molecule has 0 N–H and O–H groups in total. The molecule has 0 aromatic heterocycles. The van der Waals surface area contributed by atoms with E-state index in [0.29, 0.717) is 13.0 Å². The lowest BCUT2D eigenvalue weighted by molar-refractivity contribution is 0.222. The minimum atomic E-state index is 0.452. The fourth-order valence-corrected chi connectivity index (χ4v) is 1.60. The fourth-order valence-electron chi connectivity index (χ4n) is 1.60. The van der Waals surface area contributed by atoms with Gasteiger partial charge >= 0.3 is 0 Å². The molecule has 0 heterocycles. The molecule has 0 amide bonds. The fraction of sp³-hybridized carbons (Fsp3) is 0.533. The van der Waals surface area contributed by atoms with Crippen molar-refractivity contribution in [2.24, 2.45) is 0 Å². The van der Waals surface area contributed by atoms with Crippen LogP contribution in [0.1, 0.15) is 5.56 Å². The molecule has 1 rings (SSSR count). The summed E-state index contributed by atoms with van der Waals surface area (Å²) in [5.74, 6) is 0.864. The second kappa shape index (κ2) is 8.52. The number of nitriles is 1. The van der Waals surface area contributed by atoms with Gasteiger partial charge in [-0.05, 0) is 38.8 Å². The molecule has 4 nitrogen and oxygen atoms in total. The van der Waals surface area contributed by atoms with Crippen molar-refractivity contribution in [3.8, 4) is 11.8 Å². The van der Waals surface area contributed by atoms with Gasteiger partial charge in [0, 0.05) is 19.6 Å². The normalized spacial score (nSPS) is 10.7. The molecule has 0 aliphatic carbocycles. The van der Waals surface area contributed by atoms with Crippen LogP contribution in [0.25, 0.3) is 0 Å². The predicted molar refractivity (Wildman–Crippen MR) is 77.3 cm³/mol. The molecule has 0 saturated carbocycles. The Bertz CT molecular complexity index is 395. The maximum Gasteiger partial charge on any atom is 0.119 e. The maximum atomic E-state index is 8.59. The van der Waals surface area contributed by atoms with Gasteiger partial charge in [-0.15, -0.1) is 0 Å². The van der Waals surface area contributed by atoms with E-state index in [1.165, 1.54) is 0 Å². The van der Waals surface area contributed by atoms with E-state index in [-0.39, 0.29) is 0 Å². The van der Waals surface area contributed by atoms with Crippen LogP contribution < -0.4 is 4.74 Å². The van der Waals surface area contributed by atoms with E-state index in [4.69, 9.17) is 10.00 Å². The Hall–Kier alpha value is -1.57. The van der Waals surface area contributed by atoms with Gasteiger partial charge in [-0.1, -0.05) is 12.1 Å². The van der Waals surface area contributed by atoms with E-state index in [0.717, 1.165) is 30.9 Å². The van der Waals surface area contributed by atoms with E-state index in [1.54, 1.807) is 0 Å². The van der Waals surface area contributed by atoms with E-state index in [9.17, 15) is 0 Å². The first-order chi connectivity index (χ1) is 9.11. The Balaban J connectivity index is 2.23. The van der Waals surface area contributed by atoms with Gasteiger partial charge in [-0.25, -0.2) is 0 Å². The van der Waals surface area contributed by atoms with Crippen molar-refractivity contribution in [3.63, 3.8) is 0 Å². The van der Waals surface area contributed by atoms with Crippen molar-refractivity contribution in [1.82, 2.24) is 9.80 Å². The first kappa shape index (κ1) is 15.5. The topological polar surface area (TPSA) is 39.5 Å². The molecule has 0 unspecified atom stereocenters. The zero-order valence-corrected chi connectivity index (χ0v) is 12.1. The lowest BCUT2D eigenvalue weighted by Crippen LogP contribution is -2.31. The van der Waals surface area contributed by atoms with Gasteiger partial charge in [-0.3, -0.25) is 0 Å². The largest absolute Gasteiger partial charge is 0.492 e. The van der Waals surface area contributed by atoms with Gasteiger partial charge in [0.2, 0.25) is 0 Å². The quantitative estimate of drug-likeness (QED) is 0.713. The van der Waals surface area contributed by atoms with Gasteiger partial charge in [-0.2, -0.15) is 5.26 Å². The highest BCUT2D eigenvalue weighted by molar-refractivity contribution is 5.28. The van der Waals surface area contributed by atoms with Crippen LogP contribution in [0.3, 0.4) is 0 Å². The minimum absolute atomic E-state index is 0.452. The number of nitrogens with zero attached hydrogens (tertiary/aromatic N) is 3. The Kier molecular flexibility index (Phi) is 6.94. The van der Waals surface area contributed by atoms with Crippen molar-refractivity contribution in [2.75, 3.05) is 47.4 Å². The van der Waals surface area contributed by atoms with Crippen molar-refractivity contribution >= 4 is 0 Å². The molecule has 1 aromatic rings. The minimum Gasteiger partial charge on any atom is -0.492 e. The number of hydrogen-bond donors (Lipinski definition) is 0. The first-order valence-corrected chi connectivity index (χ1v) is 6.54. The zero-order chi connectivity index (χ0) is 14.1. The second-order valence-corrected chi connectivity index (χ2v) is 4.93. The number of likely N-dealkylation sites (N-methyl/N-ethyl adjacent to an activating group) is 2. The third kappa shape index (κ3) is 6.80. The van der Waals surface area contributed by atoms with E-state index < -0.39 is 0 Å². The van der Waals surface area contributed by atoms with Gasteiger partial charge in [0.1, 0.15) is 12.4 Å². The van der Waals surface area contributed by atoms with Gasteiger partial charge < -0.3 is 14.5 Å². The summed E-state index contributed by atoms with van der Waals surface area (Å²) >= 11 is 0. The summed E-state index contributed by atoms with van der Waals surface area (Å²) in [7, 11) is 6.25. The molecule has 4 heteroatoms. The molecule has 19 heavy (non-hydrogen) atoms. The summed E-state index contributed by atoms with van der Waals surface area (Å²) < 4.78 is 5.68. The Morgan fingerprint density at radius 1 is 1.05 bits per heavy atom.